The van der Waals surface area contributed by atoms with E-state index in [0.717, 1.165) is 18.9 Å². The molecule has 0 spiro atoms. The maximum atomic E-state index is 8.85. The van der Waals surface area contributed by atoms with Crippen LogP contribution in [0.25, 0.3) is 0 Å². The monoisotopic (exact) mass is 203 g/mol. The first-order chi connectivity index (χ1) is 6.78. The summed E-state index contributed by atoms with van der Waals surface area (Å²) in [6.45, 7) is 6.37. The van der Waals surface area contributed by atoms with Crippen LogP contribution in [-0.4, -0.2) is 38.0 Å². The molecule has 0 aromatic rings. The molecule has 0 aliphatic heterocycles. The molecule has 1 unspecified atom stereocenters. The van der Waals surface area contributed by atoms with Crippen LogP contribution >= 0.6 is 0 Å². The van der Waals surface area contributed by atoms with Crippen molar-refractivity contribution in [2.45, 2.75) is 39.2 Å². The molecule has 0 saturated carbocycles. The maximum absolute atomic E-state index is 8.85. The van der Waals surface area contributed by atoms with Crippen molar-refractivity contribution in [3.8, 4) is 0 Å². The van der Waals surface area contributed by atoms with Crippen molar-refractivity contribution in [2.75, 3.05) is 26.9 Å². The lowest BCUT2D eigenvalue weighted by atomic mass is 10.0. The molecule has 0 amide bonds. The van der Waals surface area contributed by atoms with Gasteiger partial charge < -0.3 is 15.2 Å². The summed E-state index contributed by atoms with van der Waals surface area (Å²) in [6.07, 6.45) is 3.19. The number of aliphatic hydroxyl groups is 1. The van der Waals surface area contributed by atoms with Crippen molar-refractivity contribution in [1.29, 1.82) is 0 Å². The average Bonchev–Trinajstić information content (AvgIpc) is 2.20. The normalized spacial score (nSPS) is 13.5. The van der Waals surface area contributed by atoms with Gasteiger partial charge in [0.2, 0.25) is 0 Å². The molecular formula is C11H25NO2. The first-order valence-corrected chi connectivity index (χ1v) is 5.61. The molecule has 3 heteroatoms. The van der Waals surface area contributed by atoms with Crippen LogP contribution in [0.3, 0.4) is 0 Å². The Kier molecular flexibility index (Phi) is 9.35. The molecular weight excluding hydrogens is 178 g/mol. The Morgan fingerprint density at radius 3 is 2.36 bits per heavy atom. The number of ether oxygens (including phenoxy) is 1. The standard InChI is InChI=1S/C11H25NO2/c1-4-10(5-2)8-12-11(6-7-13)9-14-3/h10-13H,4-9H2,1-3H3. The fourth-order valence-corrected chi connectivity index (χ4v) is 1.51. The first kappa shape index (κ1) is 13.9. The molecule has 1 atom stereocenters. The van der Waals surface area contributed by atoms with Crippen molar-refractivity contribution in [2.24, 2.45) is 5.92 Å². The summed E-state index contributed by atoms with van der Waals surface area (Å²) < 4.78 is 5.08. The van der Waals surface area contributed by atoms with Crippen LogP contribution in [0, 0.1) is 5.92 Å². The van der Waals surface area contributed by atoms with Crippen molar-refractivity contribution in [3.05, 3.63) is 0 Å². The largest absolute Gasteiger partial charge is 0.396 e. The van der Waals surface area contributed by atoms with Crippen molar-refractivity contribution < 1.29 is 9.84 Å². The number of hydrogen-bond acceptors (Lipinski definition) is 3. The Balaban J connectivity index is 3.67. The van der Waals surface area contributed by atoms with Gasteiger partial charge in [0.15, 0.2) is 0 Å². The van der Waals surface area contributed by atoms with Gasteiger partial charge in [0.1, 0.15) is 0 Å². The first-order valence-electron chi connectivity index (χ1n) is 5.61. The van der Waals surface area contributed by atoms with Gasteiger partial charge in [-0.25, -0.2) is 0 Å². The van der Waals surface area contributed by atoms with Crippen molar-refractivity contribution in [3.63, 3.8) is 0 Å². The van der Waals surface area contributed by atoms with Gasteiger partial charge in [-0.2, -0.15) is 0 Å². The molecule has 2 N–H and O–H groups in total. The summed E-state index contributed by atoms with van der Waals surface area (Å²) in [7, 11) is 1.70. The summed E-state index contributed by atoms with van der Waals surface area (Å²) >= 11 is 0. The van der Waals surface area contributed by atoms with Crippen LogP contribution < -0.4 is 5.32 Å². The van der Waals surface area contributed by atoms with Crippen molar-refractivity contribution >= 4 is 0 Å². The Bertz CT molecular complexity index is 110. The van der Waals surface area contributed by atoms with E-state index < -0.39 is 0 Å². The zero-order chi connectivity index (χ0) is 10.8. The van der Waals surface area contributed by atoms with Crippen LogP contribution in [0.5, 0.6) is 0 Å². The van der Waals surface area contributed by atoms with E-state index in [9.17, 15) is 0 Å². The highest BCUT2D eigenvalue weighted by atomic mass is 16.5. The maximum Gasteiger partial charge on any atom is 0.0616 e. The van der Waals surface area contributed by atoms with Gasteiger partial charge in [0.05, 0.1) is 6.61 Å². The molecule has 0 radical (unpaired) electrons. The zero-order valence-corrected chi connectivity index (χ0v) is 9.75. The Hall–Kier alpha value is -0.120. The highest BCUT2D eigenvalue weighted by Crippen LogP contribution is 2.06. The van der Waals surface area contributed by atoms with E-state index in [4.69, 9.17) is 9.84 Å². The van der Waals surface area contributed by atoms with Gasteiger partial charge in [-0.1, -0.05) is 26.7 Å². The Morgan fingerprint density at radius 1 is 1.29 bits per heavy atom. The van der Waals surface area contributed by atoms with Gasteiger partial charge in [-0.15, -0.1) is 0 Å². The molecule has 0 rings (SSSR count). The Morgan fingerprint density at radius 2 is 1.93 bits per heavy atom. The van der Waals surface area contributed by atoms with Crippen LogP contribution in [-0.2, 0) is 4.74 Å². The minimum Gasteiger partial charge on any atom is -0.396 e. The number of nitrogens with one attached hydrogen (secondary N) is 1. The third kappa shape index (κ3) is 6.35. The minimum absolute atomic E-state index is 0.226. The lowest BCUT2D eigenvalue weighted by Gasteiger charge is -2.20. The van der Waals surface area contributed by atoms with E-state index in [1.807, 2.05) is 0 Å². The number of methoxy groups -OCH3 is 1. The number of rotatable bonds is 9. The zero-order valence-electron chi connectivity index (χ0n) is 9.75. The van der Waals surface area contributed by atoms with Crippen LogP contribution in [0.2, 0.25) is 0 Å². The molecule has 14 heavy (non-hydrogen) atoms. The molecule has 0 fully saturated rings. The average molecular weight is 203 g/mol. The van der Waals surface area contributed by atoms with Crippen molar-refractivity contribution in [1.82, 2.24) is 5.32 Å². The van der Waals surface area contributed by atoms with E-state index in [1.165, 1.54) is 12.8 Å². The van der Waals surface area contributed by atoms with E-state index >= 15 is 0 Å². The number of aliphatic hydroxyl groups excluding tert-OH is 1. The summed E-state index contributed by atoms with van der Waals surface area (Å²) in [5.74, 6) is 0.744. The van der Waals surface area contributed by atoms with E-state index in [0.29, 0.717) is 12.6 Å². The van der Waals surface area contributed by atoms with Gasteiger partial charge in [-0.3, -0.25) is 0 Å². The third-order valence-electron chi connectivity index (χ3n) is 2.70. The number of hydrogen-bond donors (Lipinski definition) is 2. The predicted molar refractivity (Wildman–Crippen MR) is 59.4 cm³/mol. The second-order valence-corrected chi connectivity index (χ2v) is 3.76. The second kappa shape index (κ2) is 9.44. The summed E-state index contributed by atoms with van der Waals surface area (Å²) in [5, 5.41) is 12.3. The molecule has 0 aromatic heterocycles. The van der Waals surface area contributed by atoms with Gasteiger partial charge in [0.25, 0.3) is 0 Å². The summed E-state index contributed by atoms with van der Waals surface area (Å²) in [4.78, 5) is 0. The molecule has 3 nitrogen and oxygen atoms in total. The topological polar surface area (TPSA) is 41.5 Å². The lowest BCUT2D eigenvalue weighted by molar-refractivity contribution is 0.146. The van der Waals surface area contributed by atoms with Gasteiger partial charge in [-0.05, 0) is 18.9 Å². The highest BCUT2D eigenvalue weighted by molar-refractivity contribution is 4.68. The molecule has 0 aromatic carbocycles. The van der Waals surface area contributed by atoms with E-state index in [1.54, 1.807) is 7.11 Å². The molecule has 0 saturated heterocycles. The highest BCUT2D eigenvalue weighted by Gasteiger charge is 2.09. The molecule has 0 aliphatic carbocycles. The fraction of sp³-hybridized carbons (Fsp3) is 1.00. The van der Waals surface area contributed by atoms with Gasteiger partial charge in [0, 0.05) is 19.8 Å². The Labute approximate surface area is 87.8 Å². The van der Waals surface area contributed by atoms with Crippen LogP contribution in [0.1, 0.15) is 33.1 Å². The summed E-state index contributed by atoms with van der Waals surface area (Å²) in [5.41, 5.74) is 0. The van der Waals surface area contributed by atoms with E-state index in [2.05, 4.69) is 19.2 Å². The van der Waals surface area contributed by atoms with Crippen LogP contribution in [0.15, 0.2) is 0 Å². The third-order valence-corrected chi connectivity index (χ3v) is 2.70. The predicted octanol–water partition coefficient (Wildman–Crippen LogP) is 1.41. The molecule has 0 heterocycles. The molecule has 0 bridgehead atoms. The minimum atomic E-state index is 0.226. The second-order valence-electron chi connectivity index (χ2n) is 3.76. The molecule has 0 aliphatic rings. The fourth-order valence-electron chi connectivity index (χ4n) is 1.51. The SMILES string of the molecule is CCC(CC)CNC(CCO)COC. The molecule has 86 valence electrons. The van der Waals surface area contributed by atoms with E-state index in [-0.39, 0.29) is 6.61 Å². The smallest absolute Gasteiger partial charge is 0.0616 e. The summed E-state index contributed by atoms with van der Waals surface area (Å²) in [6, 6.07) is 0.297. The quantitative estimate of drug-likeness (QED) is 0.595. The lowest BCUT2D eigenvalue weighted by Crippen LogP contribution is -2.37. The van der Waals surface area contributed by atoms with Gasteiger partial charge >= 0.3 is 0 Å². The van der Waals surface area contributed by atoms with Crippen LogP contribution in [0.4, 0.5) is 0 Å².